The Hall–Kier alpha value is -2.24. The number of benzene rings is 1. The highest BCUT2D eigenvalue weighted by Gasteiger charge is 2.25. The van der Waals surface area contributed by atoms with Crippen LogP contribution in [0.5, 0.6) is 5.75 Å². The third-order valence-electron chi connectivity index (χ3n) is 2.37. The molecule has 0 radical (unpaired) electrons. The van der Waals surface area contributed by atoms with Crippen LogP contribution in [0.1, 0.15) is 6.92 Å². The molecular weight excluding hydrogens is 224 g/mol. The lowest BCUT2D eigenvalue weighted by Gasteiger charge is -2.25. The molecule has 17 heavy (non-hydrogen) atoms. The molecule has 6 heteroatoms. The fourth-order valence-corrected chi connectivity index (χ4v) is 1.49. The van der Waals surface area contributed by atoms with Gasteiger partial charge in [-0.2, -0.15) is 0 Å². The van der Waals surface area contributed by atoms with Crippen LogP contribution < -0.4 is 15.4 Å². The summed E-state index contributed by atoms with van der Waals surface area (Å²) in [4.78, 5) is 22.6. The van der Waals surface area contributed by atoms with Crippen LogP contribution in [0.3, 0.4) is 0 Å². The highest BCUT2D eigenvalue weighted by molar-refractivity contribution is 6.03. The number of para-hydroxylation sites is 1. The minimum Gasteiger partial charge on any atom is -0.479 e. The molecule has 0 aliphatic carbocycles. The normalized spacial score (nSPS) is 17.5. The summed E-state index contributed by atoms with van der Waals surface area (Å²) in [5.41, 5.74) is 0.885. The highest BCUT2D eigenvalue weighted by Crippen LogP contribution is 2.36. The van der Waals surface area contributed by atoms with E-state index in [0.717, 1.165) is 0 Å². The van der Waals surface area contributed by atoms with Gasteiger partial charge in [0.1, 0.15) is 11.4 Å². The molecule has 1 unspecified atom stereocenters. The lowest BCUT2D eigenvalue weighted by Crippen LogP contribution is -2.34. The van der Waals surface area contributed by atoms with E-state index in [1.807, 2.05) is 0 Å². The SMILES string of the molecule is COC(=O)Nc1cccc2c1NC(=O)C(C)O2. The number of ether oxygens (including phenoxy) is 2. The predicted octanol–water partition coefficient (Wildman–Crippen LogP) is 1.58. The second-order valence-corrected chi connectivity index (χ2v) is 3.54. The highest BCUT2D eigenvalue weighted by atomic mass is 16.5. The zero-order valence-electron chi connectivity index (χ0n) is 9.44. The Morgan fingerprint density at radius 1 is 1.53 bits per heavy atom. The van der Waals surface area contributed by atoms with Crippen LogP contribution in [0, 0.1) is 0 Å². The van der Waals surface area contributed by atoms with Crippen molar-refractivity contribution in [1.82, 2.24) is 0 Å². The maximum absolute atomic E-state index is 11.5. The van der Waals surface area contributed by atoms with Gasteiger partial charge in [-0.1, -0.05) is 6.07 Å². The average Bonchev–Trinajstić information content (AvgIpc) is 2.31. The number of carbonyl (C=O) groups excluding carboxylic acids is 2. The van der Waals surface area contributed by atoms with Crippen LogP contribution >= 0.6 is 0 Å². The maximum atomic E-state index is 11.5. The second-order valence-electron chi connectivity index (χ2n) is 3.54. The number of methoxy groups -OCH3 is 1. The molecular formula is C11H12N2O4. The van der Waals surface area contributed by atoms with E-state index in [4.69, 9.17) is 4.74 Å². The summed E-state index contributed by atoms with van der Waals surface area (Å²) < 4.78 is 9.89. The Morgan fingerprint density at radius 3 is 3.00 bits per heavy atom. The fourth-order valence-electron chi connectivity index (χ4n) is 1.49. The molecule has 0 aromatic heterocycles. The molecule has 6 nitrogen and oxygen atoms in total. The number of nitrogens with one attached hydrogen (secondary N) is 2. The first-order valence-electron chi connectivity index (χ1n) is 5.07. The Kier molecular flexibility index (Phi) is 2.86. The van der Waals surface area contributed by atoms with E-state index in [-0.39, 0.29) is 5.91 Å². The van der Waals surface area contributed by atoms with Gasteiger partial charge >= 0.3 is 6.09 Å². The van der Waals surface area contributed by atoms with Gasteiger partial charge in [0.25, 0.3) is 5.91 Å². The van der Waals surface area contributed by atoms with Gasteiger partial charge in [-0.3, -0.25) is 10.1 Å². The van der Waals surface area contributed by atoms with Gasteiger partial charge in [-0.05, 0) is 19.1 Å². The Labute approximate surface area is 97.9 Å². The van der Waals surface area contributed by atoms with Crippen molar-refractivity contribution in [3.63, 3.8) is 0 Å². The number of rotatable bonds is 1. The van der Waals surface area contributed by atoms with Crippen molar-refractivity contribution in [2.45, 2.75) is 13.0 Å². The summed E-state index contributed by atoms with van der Waals surface area (Å²) in [6.45, 7) is 1.65. The quantitative estimate of drug-likeness (QED) is 0.776. The zero-order valence-corrected chi connectivity index (χ0v) is 9.44. The molecule has 0 saturated carbocycles. The van der Waals surface area contributed by atoms with E-state index in [1.54, 1.807) is 25.1 Å². The van der Waals surface area contributed by atoms with E-state index in [9.17, 15) is 9.59 Å². The third-order valence-corrected chi connectivity index (χ3v) is 2.37. The van der Waals surface area contributed by atoms with E-state index in [2.05, 4.69) is 15.4 Å². The molecule has 2 rings (SSSR count). The first-order valence-corrected chi connectivity index (χ1v) is 5.07. The second kappa shape index (κ2) is 4.32. The molecule has 1 aliphatic rings. The molecule has 1 heterocycles. The number of anilines is 2. The van der Waals surface area contributed by atoms with E-state index in [1.165, 1.54) is 7.11 Å². The van der Waals surface area contributed by atoms with Crippen molar-refractivity contribution < 1.29 is 19.1 Å². The van der Waals surface area contributed by atoms with Crippen molar-refractivity contribution in [2.24, 2.45) is 0 Å². The van der Waals surface area contributed by atoms with Crippen molar-refractivity contribution in [2.75, 3.05) is 17.7 Å². The van der Waals surface area contributed by atoms with E-state index >= 15 is 0 Å². The van der Waals surface area contributed by atoms with Gasteiger partial charge in [-0.15, -0.1) is 0 Å². The van der Waals surface area contributed by atoms with Crippen LogP contribution in [0.4, 0.5) is 16.2 Å². The van der Waals surface area contributed by atoms with E-state index in [0.29, 0.717) is 17.1 Å². The third kappa shape index (κ3) is 2.15. The molecule has 0 spiro atoms. The smallest absolute Gasteiger partial charge is 0.411 e. The van der Waals surface area contributed by atoms with Crippen molar-refractivity contribution in [3.05, 3.63) is 18.2 Å². The first-order chi connectivity index (χ1) is 8.11. The molecule has 0 fully saturated rings. The lowest BCUT2D eigenvalue weighted by atomic mass is 10.2. The molecule has 1 aliphatic heterocycles. The van der Waals surface area contributed by atoms with E-state index < -0.39 is 12.2 Å². The number of hydrogen-bond donors (Lipinski definition) is 2. The first kappa shape index (κ1) is 11.3. The molecule has 0 saturated heterocycles. The van der Waals surface area contributed by atoms with Gasteiger partial charge < -0.3 is 14.8 Å². The Morgan fingerprint density at radius 2 is 2.29 bits per heavy atom. The number of hydrogen-bond acceptors (Lipinski definition) is 4. The summed E-state index contributed by atoms with van der Waals surface area (Å²) in [7, 11) is 1.27. The fraction of sp³-hybridized carbons (Fsp3) is 0.273. The molecule has 1 atom stereocenters. The standard InChI is InChI=1S/C11H12N2O4/c1-6-10(14)13-9-7(12-11(15)16-2)4-3-5-8(9)17-6/h3-6H,1-2H3,(H,12,15)(H,13,14). The monoisotopic (exact) mass is 236 g/mol. The van der Waals surface area contributed by atoms with Crippen LogP contribution in [0.25, 0.3) is 0 Å². The summed E-state index contributed by atoms with van der Waals surface area (Å²) in [5, 5.41) is 5.17. The molecule has 1 aromatic carbocycles. The Bertz CT molecular complexity index is 473. The van der Waals surface area contributed by atoms with Gasteiger partial charge in [0, 0.05) is 0 Å². The molecule has 2 N–H and O–H groups in total. The van der Waals surface area contributed by atoms with Crippen molar-refractivity contribution in [1.29, 1.82) is 0 Å². The van der Waals surface area contributed by atoms with Gasteiger partial charge in [-0.25, -0.2) is 4.79 Å². The predicted molar refractivity (Wildman–Crippen MR) is 61.2 cm³/mol. The summed E-state index contributed by atoms with van der Waals surface area (Å²) >= 11 is 0. The van der Waals surface area contributed by atoms with Crippen LogP contribution in [0.15, 0.2) is 18.2 Å². The minimum absolute atomic E-state index is 0.253. The van der Waals surface area contributed by atoms with Crippen LogP contribution in [0.2, 0.25) is 0 Å². The molecule has 1 aromatic rings. The number of fused-ring (bicyclic) bond motifs is 1. The molecule has 0 bridgehead atoms. The maximum Gasteiger partial charge on any atom is 0.411 e. The largest absolute Gasteiger partial charge is 0.479 e. The number of amides is 2. The molecule has 2 amide bonds. The zero-order chi connectivity index (χ0) is 12.4. The van der Waals surface area contributed by atoms with Gasteiger partial charge in [0.15, 0.2) is 6.10 Å². The minimum atomic E-state index is -0.605. The summed E-state index contributed by atoms with van der Waals surface area (Å²) in [5.74, 6) is 0.266. The summed E-state index contributed by atoms with van der Waals surface area (Å²) in [6, 6.07) is 5.08. The van der Waals surface area contributed by atoms with Gasteiger partial charge in [0.2, 0.25) is 0 Å². The number of carbonyl (C=O) groups is 2. The Balaban J connectivity index is 2.33. The average molecular weight is 236 g/mol. The molecule has 90 valence electrons. The van der Waals surface area contributed by atoms with Crippen molar-refractivity contribution >= 4 is 23.4 Å². The van der Waals surface area contributed by atoms with Crippen LogP contribution in [-0.2, 0) is 9.53 Å². The summed E-state index contributed by atoms with van der Waals surface area (Å²) in [6.07, 6.45) is -1.15. The topological polar surface area (TPSA) is 76.7 Å². The van der Waals surface area contributed by atoms with Crippen molar-refractivity contribution in [3.8, 4) is 5.75 Å². The van der Waals surface area contributed by atoms with Gasteiger partial charge in [0.05, 0.1) is 12.8 Å². The van der Waals surface area contributed by atoms with Crippen LogP contribution in [-0.4, -0.2) is 25.2 Å². The lowest BCUT2D eigenvalue weighted by molar-refractivity contribution is -0.122.